The summed E-state index contributed by atoms with van der Waals surface area (Å²) in [6.45, 7) is 1.60. The molecule has 0 saturated heterocycles. The van der Waals surface area contributed by atoms with Crippen LogP contribution in [0.25, 0.3) is 0 Å². The molecule has 0 radical (unpaired) electrons. The third-order valence-electron chi connectivity index (χ3n) is 3.01. The lowest BCUT2D eigenvalue weighted by atomic mass is 9.64. The summed E-state index contributed by atoms with van der Waals surface area (Å²) >= 11 is 0. The summed E-state index contributed by atoms with van der Waals surface area (Å²) in [5, 5.41) is 0. The first-order valence-electron chi connectivity index (χ1n) is 5.08. The first kappa shape index (κ1) is 10.4. The normalized spacial score (nSPS) is 34.7. The molecule has 15 heavy (non-hydrogen) atoms. The molecule has 2 N–H and O–H groups in total. The van der Waals surface area contributed by atoms with Gasteiger partial charge in [-0.3, -0.25) is 0 Å². The number of nitrogens with two attached hydrogens (primary N) is 1. The largest absolute Gasteiger partial charge is 0.497 e. The van der Waals surface area contributed by atoms with Crippen LogP contribution in [0, 0.1) is 0 Å². The van der Waals surface area contributed by atoms with E-state index in [0.717, 1.165) is 11.3 Å². The van der Waals surface area contributed by atoms with E-state index < -0.39 is 11.2 Å². The maximum atomic E-state index is 13.5. The Kier molecular flexibility index (Phi) is 2.23. The molecular weight excluding hydrogens is 193 g/mol. The van der Waals surface area contributed by atoms with Gasteiger partial charge in [-0.1, -0.05) is 12.1 Å². The maximum absolute atomic E-state index is 13.5. The van der Waals surface area contributed by atoms with E-state index >= 15 is 0 Å². The minimum Gasteiger partial charge on any atom is -0.497 e. The van der Waals surface area contributed by atoms with Gasteiger partial charge in [0.2, 0.25) is 0 Å². The molecule has 1 aromatic carbocycles. The smallest absolute Gasteiger partial charge is 0.119 e. The Hall–Kier alpha value is -1.09. The molecule has 0 aliphatic heterocycles. The number of benzene rings is 1. The van der Waals surface area contributed by atoms with Gasteiger partial charge in [-0.25, -0.2) is 4.39 Å². The second-order valence-electron chi connectivity index (χ2n) is 4.65. The van der Waals surface area contributed by atoms with Crippen molar-refractivity contribution in [2.75, 3.05) is 7.11 Å². The van der Waals surface area contributed by atoms with E-state index in [-0.39, 0.29) is 0 Å². The van der Waals surface area contributed by atoms with Crippen molar-refractivity contribution in [3.05, 3.63) is 29.8 Å². The van der Waals surface area contributed by atoms with Gasteiger partial charge in [0, 0.05) is 18.4 Å². The molecule has 0 atom stereocenters. The van der Waals surface area contributed by atoms with Crippen molar-refractivity contribution < 1.29 is 9.13 Å². The lowest BCUT2D eigenvalue weighted by Crippen LogP contribution is -2.56. The molecule has 0 heterocycles. The highest BCUT2D eigenvalue weighted by atomic mass is 19.1. The number of hydrogen-bond acceptors (Lipinski definition) is 2. The summed E-state index contributed by atoms with van der Waals surface area (Å²) in [5.74, 6) is 0.768. The van der Waals surface area contributed by atoms with Crippen LogP contribution in [0.1, 0.15) is 25.3 Å². The van der Waals surface area contributed by atoms with Crippen molar-refractivity contribution in [2.24, 2.45) is 5.73 Å². The Morgan fingerprint density at radius 3 is 2.60 bits per heavy atom. The summed E-state index contributed by atoms with van der Waals surface area (Å²) < 4.78 is 18.6. The Morgan fingerprint density at radius 2 is 2.07 bits per heavy atom. The predicted octanol–water partition coefficient (Wildman–Crippen LogP) is 2.37. The topological polar surface area (TPSA) is 35.2 Å². The van der Waals surface area contributed by atoms with Crippen molar-refractivity contribution in [3.8, 4) is 5.75 Å². The van der Waals surface area contributed by atoms with Crippen LogP contribution in [0.2, 0.25) is 0 Å². The van der Waals surface area contributed by atoms with Crippen LogP contribution in [0.4, 0.5) is 4.39 Å². The standard InChI is InChI=1S/C12H16FNO/c1-11(13)7-12(14,8-11)9-4-3-5-10(6-9)15-2/h3-6H,7-8,14H2,1-2H3. The molecule has 82 valence electrons. The lowest BCUT2D eigenvalue weighted by Gasteiger charge is -2.48. The first-order valence-corrected chi connectivity index (χ1v) is 5.08. The van der Waals surface area contributed by atoms with Crippen LogP contribution in [0.15, 0.2) is 24.3 Å². The van der Waals surface area contributed by atoms with Gasteiger partial charge in [0.05, 0.1) is 7.11 Å². The first-order chi connectivity index (χ1) is 6.95. The van der Waals surface area contributed by atoms with Crippen LogP contribution in [0.3, 0.4) is 0 Å². The number of alkyl halides is 1. The van der Waals surface area contributed by atoms with E-state index in [2.05, 4.69) is 0 Å². The second-order valence-corrected chi connectivity index (χ2v) is 4.65. The van der Waals surface area contributed by atoms with E-state index in [1.54, 1.807) is 14.0 Å². The van der Waals surface area contributed by atoms with Crippen LogP contribution in [-0.2, 0) is 5.54 Å². The zero-order valence-electron chi connectivity index (χ0n) is 9.09. The summed E-state index contributed by atoms with van der Waals surface area (Å²) in [6, 6.07) is 7.56. The van der Waals surface area contributed by atoms with Gasteiger partial charge in [0.1, 0.15) is 11.4 Å². The summed E-state index contributed by atoms with van der Waals surface area (Å²) in [6.07, 6.45) is 0.764. The van der Waals surface area contributed by atoms with E-state index in [0.29, 0.717) is 12.8 Å². The summed E-state index contributed by atoms with van der Waals surface area (Å²) in [7, 11) is 1.61. The number of hydrogen-bond donors (Lipinski definition) is 1. The molecule has 1 aliphatic carbocycles. The second kappa shape index (κ2) is 3.20. The zero-order valence-corrected chi connectivity index (χ0v) is 9.09. The fraction of sp³-hybridized carbons (Fsp3) is 0.500. The van der Waals surface area contributed by atoms with E-state index in [4.69, 9.17) is 10.5 Å². The Labute approximate surface area is 89.2 Å². The molecule has 0 amide bonds. The van der Waals surface area contributed by atoms with Crippen molar-refractivity contribution in [2.45, 2.75) is 31.0 Å². The van der Waals surface area contributed by atoms with Gasteiger partial charge in [-0.05, 0) is 24.6 Å². The minimum absolute atomic E-state index is 0.382. The number of rotatable bonds is 2. The fourth-order valence-electron chi connectivity index (χ4n) is 2.40. The highest BCUT2D eigenvalue weighted by Gasteiger charge is 2.51. The van der Waals surface area contributed by atoms with Crippen LogP contribution < -0.4 is 10.5 Å². The van der Waals surface area contributed by atoms with Crippen molar-refractivity contribution in [1.82, 2.24) is 0 Å². The highest BCUT2D eigenvalue weighted by Crippen LogP contribution is 2.48. The monoisotopic (exact) mass is 209 g/mol. The number of methoxy groups -OCH3 is 1. The van der Waals surface area contributed by atoms with Gasteiger partial charge in [0.15, 0.2) is 0 Å². The third-order valence-corrected chi connectivity index (χ3v) is 3.01. The van der Waals surface area contributed by atoms with Crippen molar-refractivity contribution in [1.29, 1.82) is 0 Å². The SMILES string of the molecule is COc1cccc(C2(N)CC(C)(F)C2)c1. The van der Waals surface area contributed by atoms with Crippen molar-refractivity contribution in [3.63, 3.8) is 0 Å². The molecule has 1 fully saturated rings. The quantitative estimate of drug-likeness (QED) is 0.811. The molecule has 2 rings (SSSR count). The molecular formula is C12H16FNO. The Balaban J connectivity index is 2.23. The Bertz CT molecular complexity index is 368. The van der Waals surface area contributed by atoms with Crippen LogP contribution in [-0.4, -0.2) is 12.8 Å². The molecule has 1 aromatic rings. The minimum atomic E-state index is -1.11. The predicted molar refractivity (Wildman–Crippen MR) is 57.6 cm³/mol. The van der Waals surface area contributed by atoms with Gasteiger partial charge in [-0.2, -0.15) is 0 Å². The van der Waals surface area contributed by atoms with E-state index in [1.165, 1.54) is 0 Å². The third kappa shape index (κ3) is 1.84. The maximum Gasteiger partial charge on any atom is 0.119 e. The molecule has 1 saturated carbocycles. The molecule has 1 aliphatic rings. The summed E-state index contributed by atoms with van der Waals surface area (Å²) in [5.41, 5.74) is 5.45. The van der Waals surface area contributed by atoms with Crippen molar-refractivity contribution >= 4 is 0 Å². The number of halogens is 1. The lowest BCUT2D eigenvalue weighted by molar-refractivity contribution is 0.00122. The molecule has 0 spiro atoms. The Morgan fingerprint density at radius 1 is 1.40 bits per heavy atom. The van der Waals surface area contributed by atoms with Crippen LogP contribution >= 0.6 is 0 Å². The van der Waals surface area contributed by atoms with Gasteiger partial charge in [-0.15, -0.1) is 0 Å². The molecule has 2 nitrogen and oxygen atoms in total. The van der Waals surface area contributed by atoms with Gasteiger partial charge < -0.3 is 10.5 Å². The molecule has 0 unspecified atom stereocenters. The van der Waals surface area contributed by atoms with Gasteiger partial charge >= 0.3 is 0 Å². The average molecular weight is 209 g/mol. The number of ether oxygens (including phenoxy) is 1. The van der Waals surface area contributed by atoms with Gasteiger partial charge in [0.25, 0.3) is 0 Å². The van der Waals surface area contributed by atoms with Crippen LogP contribution in [0.5, 0.6) is 5.75 Å². The summed E-state index contributed by atoms with van der Waals surface area (Å²) in [4.78, 5) is 0. The van der Waals surface area contributed by atoms with E-state index in [9.17, 15) is 4.39 Å². The molecule has 3 heteroatoms. The van der Waals surface area contributed by atoms with E-state index in [1.807, 2.05) is 24.3 Å². The molecule has 0 aromatic heterocycles. The molecule has 0 bridgehead atoms. The average Bonchev–Trinajstić information content (AvgIpc) is 2.15. The highest BCUT2D eigenvalue weighted by molar-refractivity contribution is 5.36. The fourth-order valence-corrected chi connectivity index (χ4v) is 2.40. The zero-order chi connectivity index (χ0) is 11.1.